The molecule has 1 aromatic carbocycles. The Morgan fingerprint density at radius 2 is 1.86 bits per heavy atom. The molecule has 1 atom stereocenters. The van der Waals surface area contributed by atoms with Crippen LogP contribution in [0.25, 0.3) is 5.65 Å². The van der Waals surface area contributed by atoms with Crippen LogP contribution >= 0.6 is 0 Å². The number of rotatable bonds is 2. The van der Waals surface area contributed by atoms with Crippen molar-refractivity contribution in [1.29, 1.82) is 0 Å². The molecule has 6 heteroatoms. The standard InChI is InChI=1S/C22H25N5O/c1-16-20(15-23-21-8-9-24-27(16)21)22(28)26-12-10-25(11-13-26)19-7-6-17-4-2-3-5-18(17)14-19/h2-5,8-9,15,19H,6-7,10-14H2,1H3/t19-/m0/s1. The molecule has 0 bridgehead atoms. The lowest BCUT2D eigenvalue weighted by Crippen LogP contribution is -2.53. The Hall–Kier alpha value is -2.73. The van der Waals surface area contributed by atoms with Crippen LogP contribution in [0.4, 0.5) is 0 Å². The average Bonchev–Trinajstić information content (AvgIpc) is 3.23. The van der Waals surface area contributed by atoms with E-state index in [-0.39, 0.29) is 5.91 Å². The van der Waals surface area contributed by atoms with Crippen molar-refractivity contribution < 1.29 is 4.79 Å². The van der Waals surface area contributed by atoms with Gasteiger partial charge in [0.15, 0.2) is 5.65 Å². The second kappa shape index (κ2) is 7.02. The van der Waals surface area contributed by atoms with Gasteiger partial charge in [-0.3, -0.25) is 9.69 Å². The molecule has 1 saturated heterocycles. The molecule has 5 rings (SSSR count). The van der Waals surface area contributed by atoms with Gasteiger partial charge in [-0.2, -0.15) is 5.10 Å². The van der Waals surface area contributed by atoms with E-state index in [1.807, 2.05) is 17.9 Å². The maximum Gasteiger partial charge on any atom is 0.257 e. The number of hydrogen-bond acceptors (Lipinski definition) is 4. The van der Waals surface area contributed by atoms with Gasteiger partial charge in [-0.25, -0.2) is 9.50 Å². The second-order valence-corrected chi connectivity index (χ2v) is 7.85. The molecular weight excluding hydrogens is 350 g/mol. The zero-order valence-electron chi connectivity index (χ0n) is 16.2. The lowest BCUT2D eigenvalue weighted by atomic mass is 9.87. The Morgan fingerprint density at radius 1 is 1.07 bits per heavy atom. The van der Waals surface area contributed by atoms with Crippen molar-refractivity contribution in [2.24, 2.45) is 0 Å². The minimum absolute atomic E-state index is 0.0658. The number of carbonyl (C=O) groups excluding carboxylic acids is 1. The fraction of sp³-hybridized carbons (Fsp3) is 0.409. The highest BCUT2D eigenvalue weighted by atomic mass is 16.2. The van der Waals surface area contributed by atoms with Gasteiger partial charge in [-0.05, 0) is 37.3 Å². The summed E-state index contributed by atoms with van der Waals surface area (Å²) in [5.74, 6) is 0.0658. The molecule has 1 fully saturated rings. The van der Waals surface area contributed by atoms with Crippen molar-refractivity contribution in [2.45, 2.75) is 32.2 Å². The van der Waals surface area contributed by atoms with E-state index >= 15 is 0 Å². The maximum absolute atomic E-state index is 13.1. The molecule has 0 N–H and O–H groups in total. The summed E-state index contributed by atoms with van der Waals surface area (Å²) in [6.07, 6.45) is 6.91. The first-order valence-corrected chi connectivity index (χ1v) is 10.1. The fourth-order valence-electron chi connectivity index (χ4n) is 4.65. The first kappa shape index (κ1) is 17.4. The monoisotopic (exact) mass is 375 g/mol. The van der Waals surface area contributed by atoms with Crippen LogP contribution in [0.1, 0.15) is 33.6 Å². The van der Waals surface area contributed by atoms with E-state index in [0.29, 0.717) is 11.6 Å². The van der Waals surface area contributed by atoms with E-state index < -0.39 is 0 Å². The van der Waals surface area contributed by atoms with Crippen LogP contribution in [-0.2, 0) is 12.8 Å². The van der Waals surface area contributed by atoms with Gasteiger partial charge in [0.05, 0.1) is 17.5 Å². The van der Waals surface area contributed by atoms with Crippen LogP contribution in [0.15, 0.2) is 42.7 Å². The number of amides is 1. The van der Waals surface area contributed by atoms with E-state index in [2.05, 4.69) is 39.2 Å². The predicted molar refractivity (Wildman–Crippen MR) is 107 cm³/mol. The number of aryl methyl sites for hydroxylation is 2. The number of nitrogens with zero attached hydrogens (tertiary/aromatic N) is 5. The van der Waals surface area contributed by atoms with Crippen LogP contribution in [0.5, 0.6) is 0 Å². The van der Waals surface area contributed by atoms with Crippen molar-refractivity contribution >= 4 is 11.6 Å². The largest absolute Gasteiger partial charge is 0.336 e. The van der Waals surface area contributed by atoms with Crippen LogP contribution in [0, 0.1) is 6.92 Å². The normalized spacial score (nSPS) is 20.3. The number of piperazine rings is 1. The summed E-state index contributed by atoms with van der Waals surface area (Å²) in [7, 11) is 0. The molecule has 6 nitrogen and oxygen atoms in total. The molecule has 0 unspecified atom stereocenters. The van der Waals surface area contributed by atoms with Crippen LogP contribution < -0.4 is 0 Å². The zero-order chi connectivity index (χ0) is 19.1. The second-order valence-electron chi connectivity index (χ2n) is 7.85. The molecule has 2 aliphatic rings. The van der Waals surface area contributed by atoms with Crippen molar-refractivity contribution in [3.05, 3.63) is 65.1 Å². The molecule has 0 radical (unpaired) electrons. The van der Waals surface area contributed by atoms with E-state index in [9.17, 15) is 4.79 Å². The molecule has 1 amide bonds. The van der Waals surface area contributed by atoms with Gasteiger partial charge in [-0.1, -0.05) is 24.3 Å². The average molecular weight is 375 g/mol. The highest BCUT2D eigenvalue weighted by Crippen LogP contribution is 2.25. The van der Waals surface area contributed by atoms with Gasteiger partial charge in [0.25, 0.3) is 5.91 Å². The molecule has 144 valence electrons. The number of carbonyl (C=O) groups is 1. The molecule has 3 heterocycles. The van der Waals surface area contributed by atoms with Gasteiger partial charge in [0.1, 0.15) is 0 Å². The Morgan fingerprint density at radius 3 is 2.68 bits per heavy atom. The minimum atomic E-state index is 0.0658. The molecule has 0 saturated carbocycles. The lowest BCUT2D eigenvalue weighted by Gasteiger charge is -2.41. The van der Waals surface area contributed by atoms with Gasteiger partial charge in [0.2, 0.25) is 0 Å². The van der Waals surface area contributed by atoms with Crippen molar-refractivity contribution in [1.82, 2.24) is 24.4 Å². The van der Waals surface area contributed by atoms with Gasteiger partial charge in [0, 0.05) is 44.5 Å². The van der Waals surface area contributed by atoms with Crippen LogP contribution in [-0.4, -0.2) is 62.5 Å². The third kappa shape index (κ3) is 2.98. The molecule has 1 aliphatic heterocycles. The number of hydrogen-bond donors (Lipinski definition) is 0. The van der Waals surface area contributed by atoms with Gasteiger partial charge in [-0.15, -0.1) is 0 Å². The number of aromatic nitrogens is 3. The SMILES string of the molecule is Cc1c(C(=O)N2CCN([C@H]3CCc4ccccc4C3)CC2)cnc2ccnn12. The molecule has 0 spiro atoms. The topological polar surface area (TPSA) is 53.7 Å². The Kier molecular flexibility index (Phi) is 4.36. The van der Waals surface area contributed by atoms with Crippen molar-refractivity contribution in [2.75, 3.05) is 26.2 Å². The van der Waals surface area contributed by atoms with Gasteiger partial charge >= 0.3 is 0 Å². The predicted octanol–water partition coefficient (Wildman–Crippen LogP) is 2.35. The van der Waals surface area contributed by atoms with E-state index in [1.165, 1.54) is 17.5 Å². The van der Waals surface area contributed by atoms with Crippen LogP contribution in [0.2, 0.25) is 0 Å². The summed E-state index contributed by atoms with van der Waals surface area (Å²) in [5, 5.41) is 4.27. The highest BCUT2D eigenvalue weighted by Gasteiger charge is 2.29. The molecule has 2 aromatic heterocycles. The van der Waals surface area contributed by atoms with E-state index in [0.717, 1.165) is 50.4 Å². The molecule has 1 aliphatic carbocycles. The third-order valence-electron chi connectivity index (χ3n) is 6.33. The zero-order valence-corrected chi connectivity index (χ0v) is 16.2. The Balaban J connectivity index is 1.26. The summed E-state index contributed by atoms with van der Waals surface area (Å²) < 4.78 is 1.74. The van der Waals surface area contributed by atoms with Gasteiger partial charge < -0.3 is 4.90 Å². The summed E-state index contributed by atoms with van der Waals surface area (Å²) in [5.41, 5.74) is 5.27. The van der Waals surface area contributed by atoms with E-state index in [1.54, 1.807) is 16.9 Å². The summed E-state index contributed by atoms with van der Waals surface area (Å²) in [4.78, 5) is 22.0. The Labute approximate surface area is 164 Å². The van der Waals surface area contributed by atoms with E-state index in [4.69, 9.17) is 0 Å². The number of benzene rings is 1. The molecular formula is C22H25N5O. The first-order valence-electron chi connectivity index (χ1n) is 10.1. The Bertz CT molecular complexity index is 1020. The summed E-state index contributed by atoms with van der Waals surface area (Å²) >= 11 is 0. The summed E-state index contributed by atoms with van der Waals surface area (Å²) in [6, 6.07) is 11.3. The third-order valence-corrected chi connectivity index (χ3v) is 6.33. The first-order chi connectivity index (χ1) is 13.7. The highest BCUT2D eigenvalue weighted by molar-refractivity contribution is 5.95. The smallest absolute Gasteiger partial charge is 0.257 e. The minimum Gasteiger partial charge on any atom is -0.336 e. The molecule has 28 heavy (non-hydrogen) atoms. The van der Waals surface area contributed by atoms with Crippen molar-refractivity contribution in [3.8, 4) is 0 Å². The summed E-state index contributed by atoms with van der Waals surface area (Å²) in [6.45, 7) is 5.36. The number of fused-ring (bicyclic) bond motifs is 2. The fourth-order valence-corrected chi connectivity index (χ4v) is 4.65. The lowest BCUT2D eigenvalue weighted by molar-refractivity contribution is 0.0551. The quantitative estimate of drug-likeness (QED) is 0.690. The van der Waals surface area contributed by atoms with Crippen LogP contribution in [0.3, 0.4) is 0 Å². The van der Waals surface area contributed by atoms with Crippen molar-refractivity contribution in [3.63, 3.8) is 0 Å². The maximum atomic E-state index is 13.1. The molecule has 3 aromatic rings.